The summed E-state index contributed by atoms with van der Waals surface area (Å²) in [5.74, 6) is -0.826. The quantitative estimate of drug-likeness (QED) is 0.580. The fourth-order valence-corrected chi connectivity index (χ4v) is 2.66. The largest absolute Gasteiger partial charge is 0.481 e. The van der Waals surface area contributed by atoms with Gasteiger partial charge in [0.05, 0.1) is 5.41 Å². The highest BCUT2D eigenvalue weighted by atomic mass is 16.4. The highest BCUT2D eigenvalue weighted by molar-refractivity contribution is 5.79. The van der Waals surface area contributed by atoms with Crippen LogP contribution in [0.1, 0.15) is 46.0 Å². The van der Waals surface area contributed by atoms with Crippen LogP contribution in [0.15, 0.2) is 0 Å². The van der Waals surface area contributed by atoms with Crippen LogP contribution < -0.4 is 16.4 Å². The fraction of sp³-hybridized carbons (Fsp3) is 0.786. The number of carbonyl (C=O) groups is 3. The van der Waals surface area contributed by atoms with Crippen molar-refractivity contribution in [3.63, 3.8) is 0 Å². The van der Waals surface area contributed by atoms with Gasteiger partial charge in [-0.15, -0.1) is 0 Å². The first kappa shape index (κ1) is 17.3. The molecule has 0 radical (unpaired) electrons. The summed E-state index contributed by atoms with van der Waals surface area (Å²) < 4.78 is 0. The van der Waals surface area contributed by atoms with E-state index in [1.165, 1.54) is 0 Å². The van der Waals surface area contributed by atoms with Crippen molar-refractivity contribution in [2.24, 2.45) is 17.1 Å². The Morgan fingerprint density at radius 2 is 1.90 bits per heavy atom. The van der Waals surface area contributed by atoms with Crippen LogP contribution in [0.5, 0.6) is 0 Å². The Kier molecular flexibility index (Phi) is 5.99. The van der Waals surface area contributed by atoms with Crippen LogP contribution in [0.25, 0.3) is 0 Å². The molecule has 1 aliphatic carbocycles. The van der Waals surface area contributed by atoms with E-state index >= 15 is 0 Å². The first-order chi connectivity index (χ1) is 9.75. The molecule has 0 saturated heterocycles. The summed E-state index contributed by atoms with van der Waals surface area (Å²) in [7, 11) is 0. The monoisotopic (exact) mass is 299 g/mol. The molecule has 0 bridgehead atoms. The van der Waals surface area contributed by atoms with E-state index in [1.54, 1.807) is 6.92 Å². The standard InChI is InChI=1S/C14H25N3O4/c1-9-3-5-14(6-4-9,12(19)20)8-16-13(21)17-10(2)7-11(15)18/h9-10H,3-8H2,1-2H3,(H2,15,18)(H,19,20)(H2,16,17,21). The van der Waals surface area contributed by atoms with Crippen molar-refractivity contribution in [3.05, 3.63) is 0 Å². The fourth-order valence-electron chi connectivity index (χ4n) is 2.66. The lowest BCUT2D eigenvalue weighted by molar-refractivity contribution is -0.151. The second-order valence-electron chi connectivity index (χ2n) is 6.17. The SMILES string of the molecule is CC1CCC(CNC(=O)NC(C)CC(N)=O)(C(=O)O)CC1. The van der Waals surface area contributed by atoms with Crippen LogP contribution in [0.4, 0.5) is 4.79 Å². The Labute approximate surface area is 124 Å². The number of hydrogen-bond donors (Lipinski definition) is 4. The van der Waals surface area contributed by atoms with Gasteiger partial charge < -0.3 is 21.5 Å². The Hall–Kier alpha value is -1.79. The van der Waals surface area contributed by atoms with E-state index in [0.717, 1.165) is 12.8 Å². The number of amides is 3. The van der Waals surface area contributed by atoms with E-state index < -0.39 is 23.3 Å². The van der Waals surface area contributed by atoms with Gasteiger partial charge in [-0.25, -0.2) is 4.79 Å². The summed E-state index contributed by atoms with van der Waals surface area (Å²) in [5, 5.41) is 14.6. The molecule has 7 heteroatoms. The molecule has 0 aromatic rings. The van der Waals surface area contributed by atoms with Crippen LogP contribution in [-0.4, -0.2) is 35.6 Å². The molecule has 1 saturated carbocycles. The predicted octanol–water partition coefficient (Wildman–Crippen LogP) is 0.831. The lowest BCUT2D eigenvalue weighted by atomic mass is 9.71. The van der Waals surface area contributed by atoms with Crippen LogP contribution in [-0.2, 0) is 9.59 Å². The molecule has 3 amide bonds. The molecule has 1 atom stereocenters. The van der Waals surface area contributed by atoms with Gasteiger partial charge in [-0.05, 0) is 38.5 Å². The van der Waals surface area contributed by atoms with E-state index in [0.29, 0.717) is 18.8 Å². The maximum Gasteiger partial charge on any atom is 0.315 e. The first-order valence-corrected chi connectivity index (χ1v) is 7.31. The summed E-state index contributed by atoms with van der Waals surface area (Å²) in [5.41, 5.74) is 4.17. The minimum absolute atomic E-state index is 0.0506. The van der Waals surface area contributed by atoms with E-state index in [2.05, 4.69) is 17.6 Å². The molecule has 5 N–H and O–H groups in total. The lowest BCUT2D eigenvalue weighted by Gasteiger charge is -2.35. The van der Waals surface area contributed by atoms with Crippen molar-refractivity contribution in [2.45, 2.75) is 52.0 Å². The molecule has 21 heavy (non-hydrogen) atoms. The Morgan fingerprint density at radius 3 is 2.38 bits per heavy atom. The molecule has 1 fully saturated rings. The summed E-state index contributed by atoms with van der Waals surface area (Å²) in [4.78, 5) is 34.0. The predicted molar refractivity (Wildman–Crippen MR) is 77.5 cm³/mol. The summed E-state index contributed by atoms with van der Waals surface area (Å²) in [6.07, 6.45) is 2.90. The molecule has 0 aromatic heterocycles. The summed E-state index contributed by atoms with van der Waals surface area (Å²) in [6.45, 7) is 3.88. The summed E-state index contributed by atoms with van der Waals surface area (Å²) in [6, 6.07) is -0.849. The number of rotatable bonds is 6. The normalized spacial score (nSPS) is 26.7. The van der Waals surface area contributed by atoms with Gasteiger partial charge in [0, 0.05) is 19.0 Å². The number of nitrogens with two attached hydrogens (primary N) is 1. The number of nitrogens with one attached hydrogen (secondary N) is 2. The van der Waals surface area contributed by atoms with Crippen LogP contribution in [0, 0.1) is 11.3 Å². The Bertz CT molecular complexity index is 403. The molecule has 0 spiro atoms. The van der Waals surface area contributed by atoms with Crippen molar-refractivity contribution in [1.82, 2.24) is 10.6 Å². The zero-order valence-electron chi connectivity index (χ0n) is 12.6. The number of hydrogen-bond acceptors (Lipinski definition) is 3. The van der Waals surface area contributed by atoms with Crippen molar-refractivity contribution in [3.8, 4) is 0 Å². The second-order valence-corrected chi connectivity index (χ2v) is 6.17. The van der Waals surface area contributed by atoms with Crippen molar-refractivity contribution in [2.75, 3.05) is 6.54 Å². The molecule has 120 valence electrons. The van der Waals surface area contributed by atoms with Gasteiger partial charge in [-0.2, -0.15) is 0 Å². The third-order valence-corrected chi connectivity index (χ3v) is 4.16. The smallest absolute Gasteiger partial charge is 0.315 e. The van der Waals surface area contributed by atoms with E-state index in [1.807, 2.05) is 0 Å². The van der Waals surface area contributed by atoms with Gasteiger partial charge in [0.25, 0.3) is 0 Å². The van der Waals surface area contributed by atoms with Gasteiger partial charge in [0.2, 0.25) is 5.91 Å². The van der Waals surface area contributed by atoms with Gasteiger partial charge in [-0.3, -0.25) is 9.59 Å². The van der Waals surface area contributed by atoms with Crippen molar-refractivity contribution >= 4 is 17.9 Å². The molecule has 0 aliphatic heterocycles. The van der Waals surface area contributed by atoms with E-state index in [4.69, 9.17) is 5.73 Å². The minimum Gasteiger partial charge on any atom is -0.481 e. The molecule has 1 unspecified atom stereocenters. The molecule has 0 aromatic carbocycles. The highest BCUT2D eigenvalue weighted by Crippen LogP contribution is 2.38. The van der Waals surface area contributed by atoms with E-state index in [9.17, 15) is 19.5 Å². The lowest BCUT2D eigenvalue weighted by Crippen LogP contribution is -2.49. The molecule has 1 aliphatic rings. The topological polar surface area (TPSA) is 122 Å². The van der Waals surface area contributed by atoms with Crippen LogP contribution in [0.3, 0.4) is 0 Å². The van der Waals surface area contributed by atoms with Gasteiger partial charge in [0.1, 0.15) is 0 Å². The average Bonchev–Trinajstić information content (AvgIpc) is 2.37. The maximum atomic E-state index is 11.7. The molecule has 1 rings (SSSR count). The Morgan fingerprint density at radius 1 is 1.33 bits per heavy atom. The molecule has 7 nitrogen and oxygen atoms in total. The Balaban J connectivity index is 2.48. The average molecular weight is 299 g/mol. The molecular weight excluding hydrogens is 274 g/mol. The number of primary amides is 1. The number of carboxylic acids is 1. The zero-order chi connectivity index (χ0) is 16.0. The zero-order valence-corrected chi connectivity index (χ0v) is 12.6. The van der Waals surface area contributed by atoms with Crippen LogP contribution in [0.2, 0.25) is 0 Å². The number of urea groups is 1. The van der Waals surface area contributed by atoms with Crippen LogP contribution >= 0.6 is 0 Å². The third-order valence-electron chi connectivity index (χ3n) is 4.16. The number of aliphatic carboxylic acids is 1. The molecular formula is C14H25N3O4. The third kappa shape index (κ3) is 5.24. The first-order valence-electron chi connectivity index (χ1n) is 7.31. The van der Waals surface area contributed by atoms with Gasteiger partial charge in [0.15, 0.2) is 0 Å². The second kappa shape index (κ2) is 7.28. The van der Waals surface area contributed by atoms with Gasteiger partial charge >= 0.3 is 12.0 Å². The highest BCUT2D eigenvalue weighted by Gasteiger charge is 2.41. The number of carbonyl (C=O) groups excluding carboxylic acids is 2. The van der Waals surface area contributed by atoms with Crippen molar-refractivity contribution < 1.29 is 19.5 Å². The van der Waals surface area contributed by atoms with Gasteiger partial charge in [-0.1, -0.05) is 6.92 Å². The minimum atomic E-state index is -0.878. The molecule has 0 heterocycles. The summed E-state index contributed by atoms with van der Waals surface area (Å²) >= 11 is 0. The number of carboxylic acid groups (broad SMARTS) is 1. The van der Waals surface area contributed by atoms with E-state index in [-0.39, 0.29) is 19.0 Å². The van der Waals surface area contributed by atoms with Crippen molar-refractivity contribution in [1.29, 1.82) is 0 Å². The maximum absolute atomic E-state index is 11.7.